The first kappa shape index (κ1) is 18.1. The van der Waals surface area contributed by atoms with Gasteiger partial charge in [0.05, 0.1) is 12.8 Å². The number of aromatic nitrogens is 1. The van der Waals surface area contributed by atoms with E-state index in [0.717, 1.165) is 18.6 Å². The lowest BCUT2D eigenvalue weighted by Gasteiger charge is -2.38. The average molecular weight is 320 g/mol. The molecule has 1 atom stereocenters. The molecule has 130 valence electrons. The number of rotatable bonds is 7. The van der Waals surface area contributed by atoms with Gasteiger partial charge in [0.1, 0.15) is 11.9 Å². The van der Waals surface area contributed by atoms with Crippen LogP contribution in [0, 0.1) is 11.3 Å². The Bertz CT molecular complexity index is 473. The monoisotopic (exact) mass is 320 g/mol. The van der Waals surface area contributed by atoms with E-state index >= 15 is 0 Å². The number of nitrogens with one attached hydrogen (secondary N) is 1. The smallest absolute Gasteiger partial charge is 0.213 e. The van der Waals surface area contributed by atoms with Crippen LogP contribution < -0.4 is 14.8 Å². The summed E-state index contributed by atoms with van der Waals surface area (Å²) in [6.45, 7) is 13.9. The van der Waals surface area contributed by atoms with Crippen LogP contribution >= 0.6 is 0 Å². The molecule has 0 saturated heterocycles. The van der Waals surface area contributed by atoms with Gasteiger partial charge in [-0.1, -0.05) is 34.6 Å². The molecule has 2 rings (SSSR count). The maximum atomic E-state index is 5.92. The molecule has 0 unspecified atom stereocenters. The third-order valence-corrected chi connectivity index (χ3v) is 4.26. The van der Waals surface area contributed by atoms with Crippen LogP contribution in [0.5, 0.6) is 11.6 Å². The molecule has 0 bridgehead atoms. The van der Waals surface area contributed by atoms with Gasteiger partial charge in [0, 0.05) is 18.2 Å². The number of hydrogen-bond acceptors (Lipinski definition) is 4. The second-order valence-corrected chi connectivity index (χ2v) is 8.29. The van der Waals surface area contributed by atoms with Crippen molar-refractivity contribution < 1.29 is 9.47 Å². The SMILES string of the molecule is CC(C)[C@H](C)N[C@H]1C[C@@H](Oc2ccc(OCC(C)(C)C)cn2)C1. The third-order valence-electron chi connectivity index (χ3n) is 4.26. The van der Waals surface area contributed by atoms with E-state index in [1.54, 1.807) is 6.20 Å². The van der Waals surface area contributed by atoms with E-state index in [4.69, 9.17) is 9.47 Å². The van der Waals surface area contributed by atoms with Gasteiger partial charge in [0.15, 0.2) is 0 Å². The van der Waals surface area contributed by atoms with Crippen LogP contribution in [0.25, 0.3) is 0 Å². The lowest BCUT2D eigenvalue weighted by Crippen LogP contribution is -2.50. The van der Waals surface area contributed by atoms with Crippen LogP contribution in [0.15, 0.2) is 18.3 Å². The topological polar surface area (TPSA) is 43.4 Å². The minimum absolute atomic E-state index is 0.149. The summed E-state index contributed by atoms with van der Waals surface area (Å²) < 4.78 is 11.6. The molecule has 1 saturated carbocycles. The highest BCUT2D eigenvalue weighted by Crippen LogP contribution is 2.27. The highest BCUT2D eigenvalue weighted by molar-refractivity contribution is 5.23. The number of nitrogens with zero attached hydrogens (tertiary/aromatic N) is 1. The molecule has 0 aliphatic heterocycles. The zero-order valence-corrected chi connectivity index (χ0v) is 15.4. The first-order chi connectivity index (χ1) is 10.7. The fourth-order valence-corrected chi connectivity index (χ4v) is 2.35. The van der Waals surface area contributed by atoms with Crippen molar-refractivity contribution >= 4 is 0 Å². The summed E-state index contributed by atoms with van der Waals surface area (Å²) in [6, 6.07) is 4.96. The zero-order valence-electron chi connectivity index (χ0n) is 15.4. The second-order valence-electron chi connectivity index (χ2n) is 8.29. The van der Waals surface area contributed by atoms with Gasteiger partial charge >= 0.3 is 0 Å². The third kappa shape index (κ3) is 6.02. The molecule has 1 aliphatic carbocycles. The highest BCUT2D eigenvalue weighted by atomic mass is 16.5. The van der Waals surface area contributed by atoms with Gasteiger partial charge in [-0.05, 0) is 37.2 Å². The largest absolute Gasteiger partial charge is 0.491 e. The van der Waals surface area contributed by atoms with Gasteiger partial charge in [0.2, 0.25) is 5.88 Å². The highest BCUT2D eigenvalue weighted by Gasteiger charge is 2.32. The first-order valence-corrected chi connectivity index (χ1v) is 8.74. The molecular weight excluding hydrogens is 288 g/mol. The fourth-order valence-electron chi connectivity index (χ4n) is 2.35. The number of pyridine rings is 1. The Balaban J connectivity index is 1.71. The molecule has 1 heterocycles. The summed E-state index contributed by atoms with van der Waals surface area (Å²) in [5.74, 6) is 2.15. The lowest BCUT2D eigenvalue weighted by atomic mass is 9.88. The lowest BCUT2D eigenvalue weighted by molar-refractivity contribution is 0.0731. The average Bonchev–Trinajstić information content (AvgIpc) is 2.43. The van der Waals surface area contributed by atoms with Gasteiger partial charge in [-0.3, -0.25) is 0 Å². The van der Waals surface area contributed by atoms with Crippen molar-refractivity contribution in [1.82, 2.24) is 10.3 Å². The summed E-state index contributed by atoms with van der Waals surface area (Å²) in [5, 5.41) is 3.65. The Morgan fingerprint density at radius 3 is 2.43 bits per heavy atom. The van der Waals surface area contributed by atoms with Gasteiger partial charge in [0.25, 0.3) is 0 Å². The molecule has 4 heteroatoms. The van der Waals surface area contributed by atoms with E-state index in [2.05, 4.69) is 51.8 Å². The molecule has 1 aromatic heterocycles. The molecule has 1 N–H and O–H groups in total. The Hall–Kier alpha value is -1.29. The first-order valence-electron chi connectivity index (χ1n) is 8.74. The minimum atomic E-state index is 0.149. The van der Waals surface area contributed by atoms with Crippen molar-refractivity contribution in [2.45, 2.75) is 72.6 Å². The predicted octanol–water partition coefficient (Wildman–Crippen LogP) is 4.05. The Kier molecular flexibility index (Phi) is 5.90. The number of ether oxygens (including phenoxy) is 2. The molecule has 0 aromatic carbocycles. The summed E-state index contributed by atoms with van der Waals surface area (Å²) in [5.41, 5.74) is 0.149. The van der Waals surface area contributed by atoms with Gasteiger partial charge in [-0.25, -0.2) is 4.98 Å². The standard InChI is InChI=1S/C19H32N2O2/c1-13(2)14(3)21-15-9-17(10-15)23-18-8-7-16(11-20-18)22-12-19(4,5)6/h7-8,11,13-15,17,21H,9-10,12H2,1-6H3/t14-,15-,17+/m0/s1. The zero-order chi connectivity index (χ0) is 17.0. The normalized spacial score (nSPS) is 22.6. The second kappa shape index (κ2) is 7.52. The van der Waals surface area contributed by atoms with E-state index < -0.39 is 0 Å². The molecule has 1 aliphatic rings. The minimum Gasteiger partial charge on any atom is -0.491 e. The molecule has 23 heavy (non-hydrogen) atoms. The van der Waals surface area contributed by atoms with Crippen molar-refractivity contribution in [1.29, 1.82) is 0 Å². The molecular formula is C19H32N2O2. The Morgan fingerprint density at radius 1 is 1.22 bits per heavy atom. The summed E-state index contributed by atoms with van der Waals surface area (Å²) in [7, 11) is 0. The molecule has 0 amide bonds. The fraction of sp³-hybridized carbons (Fsp3) is 0.737. The maximum Gasteiger partial charge on any atom is 0.213 e. The van der Waals surface area contributed by atoms with Gasteiger partial charge in [-0.2, -0.15) is 0 Å². The van der Waals surface area contributed by atoms with Crippen molar-refractivity contribution in [3.8, 4) is 11.6 Å². The molecule has 1 aromatic rings. The maximum absolute atomic E-state index is 5.92. The van der Waals surface area contributed by atoms with E-state index in [-0.39, 0.29) is 11.5 Å². The van der Waals surface area contributed by atoms with Crippen LogP contribution in [0.1, 0.15) is 54.4 Å². The Morgan fingerprint density at radius 2 is 1.91 bits per heavy atom. The number of hydrogen-bond donors (Lipinski definition) is 1. The van der Waals surface area contributed by atoms with Crippen molar-refractivity contribution in [3.63, 3.8) is 0 Å². The van der Waals surface area contributed by atoms with Crippen LogP contribution in [-0.2, 0) is 0 Å². The molecule has 1 fully saturated rings. The van der Waals surface area contributed by atoms with E-state index in [1.807, 2.05) is 12.1 Å². The van der Waals surface area contributed by atoms with Gasteiger partial charge < -0.3 is 14.8 Å². The predicted molar refractivity (Wildman–Crippen MR) is 94.1 cm³/mol. The van der Waals surface area contributed by atoms with Crippen molar-refractivity contribution in [2.75, 3.05) is 6.61 Å². The van der Waals surface area contributed by atoms with Crippen LogP contribution in [0.3, 0.4) is 0 Å². The molecule has 0 radical (unpaired) electrons. The van der Waals surface area contributed by atoms with E-state index in [1.165, 1.54) is 0 Å². The summed E-state index contributed by atoms with van der Waals surface area (Å²) in [4.78, 5) is 4.35. The molecule has 0 spiro atoms. The summed E-state index contributed by atoms with van der Waals surface area (Å²) in [6.07, 6.45) is 4.14. The Labute approximate surface area is 141 Å². The summed E-state index contributed by atoms with van der Waals surface area (Å²) >= 11 is 0. The molecule has 4 nitrogen and oxygen atoms in total. The quantitative estimate of drug-likeness (QED) is 0.823. The van der Waals surface area contributed by atoms with E-state index in [0.29, 0.717) is 30.5 Å². The van der Waals surface area contributed by atoms with Gasteiger partial charge in [-0.15, -0.1) is 0 Å². The van der Waals surface area contributed by atoms with Crippen LogP contribution in [0.4, 0.5) is 0 Å². The van der Waals surface area contributed by atoms with Crippen LogP contribution in [-0.4, -0.2) is 29.8 Å². The van der Waals surface area contributed by atoms with E-state index in [9.17, 15) is 0 Å². The van der Waals surface area contributed by atoms with Crippen LogP contribution in [0.2, 0.25) is 0 Å². The van der Waals surface area contributed by atoms with Crippen molar-refractivity contribution in [3.05, 3.63) is 18.3 Å². The van der Waals surface area contributed by atoms with Crippen molar-refractivity contribution in [2.24, 2.45) is 11.3 Å².